The second-order valence-corrected chi connectivity index (χ2v) is 6.46. The average molecular weight is 309 g/mol. The summed E-state index contributed by atoms with van der Waals surface area (Å²) in [6, 6.07) is 4.59. The molecule has 1 aromatic carbocycles. The van der Waals surface area contributed by atoms with E-state index in [-0.39, 0.29) is 5.82 Å². The van der Waals surface area contributed by atoms with Gasteiger partial charge in [0.2, 0.25) is 0 Å². The average Bonchev–Trinajstić information content (AvgIpc) is 2.41. The smallest absolute Gasteiger partial charge is 0.412 e. The number of hydrogen-bond acceptors (Lipinski definition) is 4. The predicted molar refractivity (Wildman–Crippen MR) is 84.4 cm³/mol. The third-order valence-electron chi connectivity index (χ3n) is 3.29. The topological polar surface area (TPSA) is 53.6 Å². The van der Waals surface area contributed by atoms with Gasteiger partial charge in [-0.2, -0.15) is 0 Å². The molecule has 1 aromatic rings. The molecule has 0 aliphatic carbocycles. The Morgan fingerprint density at radius 3 is 2.68 bits per heavy atom. The van der Waals surface area contributed by atoms with Crippen molar-refractivity contribution in [2.24, 2.45) is 0 Å². The molecule has 2 rings (SSSR count). The Hall–Kier alpha value is -1.66. The number of carbonyl (C=O) groups excluding carboxylic acids is 1. The van der Waals surface area contributed by atoms with Crippen LogP contribution in [-0.4, -0.2) is 42.8 Å². The number of rotatable bonds is 3. The molecule has 1 fully saturated rings. The Morgan fingerprint density at radius 2 is 2.05 bits per heavy atom. The molecule has 6 heteroatoms. The molecule has 122 valence electrons. The van der Waals surface area contributed by atoms with E-state index >= 15 is 0 Å². The fourth-order valence-electron chi connectivity index (χ4n) is 2.31. The molecule has 0 bridgehead atoms. The van der Waals surface area contributed by atoms with Gasteiger partial charge in [0.05, 0.1) is 0 Å². The summed E-state index contributed by atoms with van der Waals surface area (Å²) in [6.45, 7) is 9.55. The second-order valence-electron chi connectivity index (χ2n) is 6.46. The van der Waals surface area contributed by atoms with Crippen molar-refractivity contribution in [1.29, 1.82) is 0 Å². The minimum atomic E-state index is -0.562. The van der Waals surface area contributed by atoms with Crippen LogP contribution in [0.15, 0.2) is 18.2 Å². The first-order valence-electron chi connectivity index (χ1n) is 7.55. The molecular formula is C16H24FN3O2. The number of anilines is 1. The fourth-order valence-corrected chi connectivity index (χ4v) is 2.31. The minimum Gasteiger partial charge on any atom is -0.444 e. The summed E-state index contributed by atoms with van der Waals surface area (Å²) in [6.07, 6.45) is -0.535. The van der Waals surface area contributed by atoms with Gasteiger partial charge >= 0.3 is 6.09 Å². The molecule has 0 aromatic heterocycles. The summed E-state index contributed by atoms with van der Waals surface area (Å²) >= 11 is 0. The van der Waals surface area contributed by atoms with Crippen LogP contribution in [0, 0.1) is 5.82 Å². The number of nitrogens with zero attached hydrogens (tertiary/aromatic N) is 1. The maximum Gasteiger partial charge on any atom is 0.412 e. The minimum absolute atomic E-state index is 0.256. The predicted octanol–water partition coefficient (Wildman–Crippen LogP) is 2.58. The molecule has 1 aliphatic rings. The largest absolute Gasteiger partial charge is 0.444 e. The number of amides is 1. The van der Waals surface area contributed by atoms with Crippen molar-refractivity contribution in [2.45, 2.75) is 32.9 Å². The number of piperazine rings is 1. The van der Waals surface area contributed by atoms with Crippen molar-refractivity contribution in [3.63, 3.8) is 0 Å². The summed E-state index contributed by atoms with van der Waals surface area (Å²) in [5, 5.41) is 5.91. The van der Waals surface area contributed by atoms with Crippen molar-refractivity contribution < 1.29 is 13.9 Å². The van der Waals surface area contributed by atoms with E-state index in [4.69, 9.17) is 4.74 Å². The summed E-state index contributed by atoms with van der Waals surface area (Å²) in [5.74, 6) is -0.256. The van der Waals surface area contributed by atoms with E-state index in [1.54, 1.807) is 32.9 Å². The van der Waals surface area contributed by atoms with Crippen molar-refractivity contribution in [1.82, 2.24) is 10.2 Å². The van der Waals surface area contributed by atoms with Gasteiger partial charge in [0, 0.05) is 44.0 Å². The van der Waals surface area contributed by atoms with E-state index in [0.29, 0.717) is 17.8 Å². The van der Waals surface area contributed by atoms with Crippen LogP contribution in [0.1, 0.15) is 26.3 Å². The third kappa shape index (κ3) is 5.27. The zero-order chi connectivity index (χ0) is 16.2. The highest BCUT2D eigenvalue weighted by molar-refractivity contribution is 5.84. The lowest BCUT2D eigenvalue weighted by Gasteiger charge is -2.27. The van der Waals surface area contributed by atoms with Crippen molar-refractivity contribution in [3.8, 4) is 0 Å². The first-order chi connectivity index (χ1) is 10.3. The summed E-state index contributed by atoms with van der Waals surface area (Å²) in [5.41, 5.74) is 0.560. The molecule has 0 saturated carbocycles. The Balaban J connectivity index is 2.01. The zero-order valence-electron chi connectivity index (χ0n) is 13.4. The number of ether oxygens (including phenoxy) is 1. The van der Waals surface area contributed by atoms with E-state index in [0.717, 1.165) is 26.2 Å². The summed E-state index contributed by atoms with van der Waals surface area (Å²) in [7, 11) is 0. The van der Waals surface area contributed by atoms with E-state index in [1.807, 2.05) is 0 Å². The lowest BCUT2D eigenvalue weighted by Crippen LogP contribution is -2.43. The Morgan fingerprint density at radius 1 is 1.36 bits per heavy atom. The van der Waals surface area contributed by atoms with Gasteiger partial charge in [-0.3, -0.25) is 10.2 Å². The monoisotopic (exact) mass is 309 g/mol. The Labute approximate surface area is 130 Å². The van der Waals surface area contributed by atoms with Crippen molar-refractivity contribution >= 4 is 11.8 Å². The molecule has 1 heterocycles. The van der Waals surface area contributed by atoms with Crippen LogP contribution in [0.25, 0.3) is 0 Å². The van der Waals surface area contributed by atoms with Crippen LogP contribution in [0.5, 0.6) is 0 Å². The highest BCUT2D eigenvalue weighted by Crippen LogP contribution is 2.18. The van der Waals surface area contributed by atoms with E-state index in [1.165, 1.54) is 6.07 Å². The lowest BCUT2D eigenvalue weighted by atomic mass is 10.1. The number of nitrogens with one attached hydrogen (secondary N) is 2. The molecular weight excluding hydrogens is 285 g/mol. The molecule has 0 spiro atoms. The first-order valence-corrected chi connectivity index (χ1v) is 7.55. The normalized spacial score (nSPS) is 16.4. The molecule has 0 unspecified atom stereocenters. The van der Waals surface area contributed by atoms with Gasteiger partial charge in [0.25, 0.3) is 0 Å². The summed E-state index contributed by atoms with van der Waals surface area (Å²) < 4.78 is 19.1. The second kappa shape index (κ2) is 7.07. The Kier molecular flexibility index (Phi) is 5.37. The number of halogens is 1. The molecule has 0 atom stereocenters. The van der Waals surface area contributed by atoms with Crippen LogP contribution in [0.2, 0.25) is 0 Å². The zero-order valence-corrected chi connectivity index (χ0v) is 13.4. The molecule has 0 radical (unpaired) electrons. The third-order valence-corrected chi connectivity index (χ3v) is 3.29. The summed E-state index contributed by atoms with van der Waals surface area (Å²) in [4.78, 5) is 14.0. The molecule has 22 heavy (non-hydrogen) atoms. The van der Waals surface area contributed by atoms with Gasteiger partial charge in [-0.15, -0.1) is 0 Å². The standard InChI is InChI=1S/C16H24FN3O2/c1-16(2,3)22-15(21)19-13-4-5-14(17)12(10-13)11-20-8-6-18-7-9-20/h4-5,10,18H,6-9,11H2,1-3H3,(H,19,21). The number of carbonyl (C=O) groups is 1. The maximum atomic E-state index is 13.9. The van der Waals surface area contributed by atoms with Crippen molar-refractivity contribution in [2.75, 3.05) is 31.5 Å². The maximum absolute atomic E-state index is 13.9. The SMILES string of the molecule is CC(C)(C)OC(=O)Nc1ccc(F)c(CN2CCNCC2)c1. The van der Waals surface area contributed by atoms with Gasteiger partial charge in [-0.05, 0) is 39.0 Å². The van der Waals surface area contributed by atoms with Gasteiger partial charge < -0.3 is 10.1 Å². The molecule has 1 aliphatic heterocycles. The van der Waals surface area contributed by atoms with Crippen LogP contribution < -0.4 is 10.6 Å². The van der Waals surface area contributed by atoms with Gasteiger partial charge in [0.15, 0.2) is 0 Å². The van der Waals surface area contributed by atoms with E-state index < -0.39 is 11.7 Å². The highest BCUT2D eigenvalue weighted by Gasteiger charge is 2.17. The van der Waals surface area contributed by atoms with Gasteiger partial charge in [-0.1, -0.05) is 0 Å². The van der Waals surface area contributed by atoms with Crippen LogP contribution in [0.4, 0.5) is 14.9 Å². The first kappa shape index (κ1) is 16.7. The van der Waals surface area contributed by atoms with Crippen LogP contribution in [0.3, 0.4) is 0 Å². The van der Waals surface area contributed by atoms with E-state index in [9.17, 15) is 9.18 Å². The Bertz CT molecular complexity index is 523. The van der Waals surface area contributed by atoms with Crippen LogP contribution in [-0.2, 0) is 11.3 Å². The number of benzene rings is 1. The lowest BCUT2D eigenvalue weighted by molar-refractivity contribution is 0.0636. The van der Waals surface area contributed by atoms with Gasteiger partial charge in [0.1, 0.15) is 11.4 Å². The quantitative estimate of drug-likeness (QED) is 0.901. The molecule has 5 nitrogen and oxygen atoms in total. The van der Waals surface area contributed by atoms with Gasteiger partial charge in [-0.25, -0.2) is 9.18 Å². The van der Waals surface area contributed by atoms with Crippen molar-refractivity contribution in [3.05, 3.63) is 29.6 Å². The van der Waals surface area contributed by atoms with E-state index in [2.05, 4.69) is 15.5 Å². The molecule has 1 saturated heterocycles. The number of hydrogen-bond donors (Lipinski definition) is 2. The molecule has 2 N–H and O–H groups in total. The fraction of sp³-hybridized carbons (Fsp3) is 0.562. The highest BCUT2D eigenvalue weighted by atomic mass is 19.1. The van der Waals surface area contributed by atoms with Crippen LogP contribution >= 0.6 is 0 Å². The molecule has 1 amide bonds.